The molecule has 2 heterocycles. The Bertz CT molecular complexity index is 1370. The lowest BCUT2D eigenvalue weighted by Gasteiger charge is -2.13. The molecule has 0 saturated carbocycles. The number of aryl methyl sites for hydroxylation is 2. The molecule has 0 fully saturated rings. The van der Waals surface area contributed by atoms with E-state index in [1.54, 1.807) is 47.0 Å². The second-order valence-corrected chi connectivity index (χ2v) is 8.65. The van der Waals surface area contributed by atoms with E-state index in [9.17, 15) is 13.2 Å². The molecule has 0 saturated heterocycles. The second kappa shape index (κ2) is 8.15. The van der Waals surface area contributed by atoms with Crippen molar-refractivity contribution < 1.29 is 13.2 Å². The summed E-state index contributed by atoms with van der Waals surface area (Å²) in [5.74, 6) is 0.369. The van der Waals surface area contributed by atoms with Crippen LogP contribution in [0.5, 0.6) is 0 Å². The Hall–Kier alpha value is -3.79. The van der Waals surface area contributed by atoms with E-state index in [0.29, 0.717) is 17.3 Å². The number of carbonyl (C=O) groups is 1. The van der Waals surface area contributed by atoms with Gasteiger partial charge in [-0.25, -0.2) is 17.9 Å². The summed E-state index contributed by atoms with van der Waals surface area (Å²) >= 11 is 0. The van der Waals surface area contributed by atoms with Crippen LogP contribution in [-0.4, -0.2) is 33.9 Å². The van der Waals surface area contributed by atoms with E-state index in [1.807, 2.05) is 19.9 Å². The average Bonchev–Trinajstić information content (AvgIpc) is 3.12. The van der Waals surface area contributed by atoms with Gasteiger partial charge in [0.1, 0.15) is 0 Å². The van der Waals surface area contributed by atoms with Gasteiger partial charge in [0.2, 0.25) is 5.91 Å². The molecule has 0 aliphatic rings. The molecule has 0 unspecified atom stereocenters. The van der Waals surface area contributed by atoms with Gasteiger partial charge in [-0.3, -0.25) is 9.52 Å². The summed E-state index contributed by atoms with van der Waals surface area (Å²) in [5.41, 5.74) is 2.27. The summed E-state index contributed by atoms with van der Waals surface area (Å²) in [5, 5.41) is 7.06. The molecular weight excluding hydrogens is 416 g/mol. The Balaban J connectivity index is 1.52. The van der Waals surface area contributed by atoms with Gasteiger partial charge in [-0.1, -0.05) is 30.3 Å². The number of hydrogen-bond acceptors (Lipinski definition) is 6. The van der Waals surface area contributed by atoms with Gasteiger partial charge in [0.25, 0.3) is 15.8 Å². The van der Waals surface area contributed by atoms with Crippen LogP contribution in [0.4, 0.5) is 11.4 Å². The third-order valence-corrected chi connectivity index (χ3v) is 5.86. The Morgan fingerprint density at radius 3 is 2.39 bits per heavy atom. The van der Waals surface area contributed by atoms with Gasteiger partial charge in [0.15, 0.2) is 5.82 Å². The van der Waals surface area contributed by atoms with Crippen molar-refractivity contribution in [1.29, 1.82) is 0 Å². The molecule has 2 aromatic heterocycles. The van der Waals surface area contributed by atoms with Gasteiger partial charge >= 0.3 is 0 Å². The normalized spacial score (nSPS) is 11.4. The zero-order valence-corrected chi connectivity index (χ0v) is 17.7. The van der Waals surface area contributed by atoms with E-state index in [2.05, 4.69) is 25.1 Å². The van der Waals surface area contributed by atoms with Crippen LogP contribution in [0, 0.1) is 13.8 Å². The molecule has 2 aromatic carbocycles. The van der Waals surface area contributed by atoms with Crippen molar-refractivity contribution in [2.45, 2.75) is 25.2 Å². The zero-order chi connectivity index (χ0) is 22.0. The van der Waals surface area contributed by atoms with E-state index in [1.165, 1.54) is 12.1 Å². The van der Waals surface area contributed by atoms with Crippen LogP contribution >= 0.6 is 0 Å². The van der Waals surface area contributed by atoms with E-state index in [-0.39, 0.29) is 22.9 Å². The minimum absolute atomic E-state index is 0.0817. The molecule has 0 bridgehead atoms. The zero-order valence-electron chi connectivity index (χ0n) is 16.9. The van der Waals surface area contributed by atoms with Gasteiger partial charge in [-0.2, -0.15) is 4.98 Å². The Kier molecular flexibility index (Phi) is 5.38. The van der Waals surface area contributed by atoms with Crippen molar-refractivity contribution in [1.82, 2.24) is 19.6 Å². The van der Waals surface area contributed by atoms with Crippen LogP contribution in [0.25, 0.3) is 5.78 Å². The molecule has 31 heavy (non-hydrogen) atoms. The number of sulfonamides is 1. The molecule has 0 radical (unpaired) electrons. The lowest BCUT2D eigenvalue weighted by atomic mass is 10.2. The van der Waals surface area contributed by atoms with Crippen LogP contribution in [0.3, 0.4) is 0 Å². The number of aromatic nitrogens is 4. The number of hydrogen-bond donors (Lipinski definition) is 2. The van der Waals surface area contributed by atoms with Gasteiger partial charge in [-0.05, 0) is 44.2 Å². The lowest BCUT2D eigenvalue weighted by Crippen LogP contribution is -2.18. The smallest absolute Gasteiger partial charge is 0.261 e. The summed E-state index contributed by atoms with van der Waals surface area (Å²) in [7, 11) is -3.79. The molecule has 158 valence electrons. The van der Waals surface area contributed by atoms with E-state index < -0.39 is 10.0 Å². The Morgan fingerprint density at radius 2 is 1.65 bits per heavy atom. The van der Waals surface area contributed by atoms with Gasteiger partial charge in [0, 0.05) is 11.4 Å². The number of carbonyl (C=O) groups excluding carboxylic acids is 1. The highest BCUT2D eigenvalue weighted by molar-refractivity contribution is 7.92. The Morgan fingerprint density at radius 1 is 0.968 bits per heavy atom. The van der Waals surface area contributed by atoms with E-state index in [4.69, 9.17) is 0 Å². The maximum absolute atomic E-state index is 12.6. The molecule has 10 heteroatoms. The predicted octanol–water partition coefficient (Wildman–Crippen LogP) is 2.72. The summed E-state index contributed by atoms with van der Waals surface area (Å²) in [6, 6.07) is 16.5. The molecular formula is C21H20N6O3S. The van der Waals surface area contributed by atoms with Gasteiger partial charge in [-0.15, -0.1) is 5.10 Å². The first-order chi connectivity index (χ1) is 14.8. The molecule has 9 nitrogen and oxygen atoms in total. The van der Waals surface area contributed by atoms with Crippen molar-refractivity contribution in [2.24, 2.45) is 0 Å². The lowest BCUT2D eigenvalue weighted by molar-refractivity contribution is -0.115. The van der Waals surface area contributed by atoms with Crippen molar-refractivity contribution in [2.75, 3.05) is 10.0 Å². The average molecular weight is 436 g/mol. The predicted molar refractivity (Wildman–Crippen MR) is 116 cm³/mol. The fourth-order valence-corrected chi connectivity index (χ4v) is 4.21. The maximum atomic E-state index is 12.6. The van der Waals surface area contributed by atoms with Crippen molar-refractivity contribution in [3.8, 4) is 0 Å². The highest BCUT2D eigenvalue weighted by Gasteiger charge is 2.17. The van der Waals surface area contributed by atoms with Crippen LogP contribution < -0.4 is 10.0 Å². The summed E-state index contributed by atoms with van der Waals surface area (Å²) in [4.78, 5) is 21.3. The van der Waals surface area contributed by atoms with Crippen molar-refractivity contribution in [3.63, 3.8) is 0 Å². The van der Waals surface area contributed by atoms with Crippen LogP contribution in [-0.2, 0) is 21.2 Å². The number of fused-ring (bicyclic) bond motifs is 1. The van der Waals surface area contributed by atoms with Crippen LogP contribution in [0.1, 0.15) is 17.2 Å². The molecule has 0 atom stereocenters. The van der Waals surface area contributed by atoms with E-state index >= 15 is 0 Å². The third-order valence-electron chi connectivity index (χ3n) is 4.48. The first-order valence-corrected chi connectivity index (χ1v) is 11.0. The van der Waals surface area contributed by atoms with Crippen LogP contribution in [0.15, 0.2) is 65.6 Å². The molecule has 4 rings (SSSR count). The summed E-state index contributed by atoms with van der Waals surface area (Å²) in [6.07, 6.45) is -0.0817. The first kappa shape index (κ1) is 20.5. The Labute approximate surface area is 179 Å². The summed E-state index contributed by atoms with van der Waals surface area (Å²) < 4.78 is 29.4. The monoisotopic (exact) mass is 436 g/mol. The fourth-order valence-electron chi connectivity index (χ4n) is 3.11. The topological polar surface area (TPSA) is 118 Å². The highest BCUT2D eigenvalue weighted by Crippen LogP contribution is 2.24. The maximum Gasteiger partial charge on any atom is 0.261 e. The first-order valence-electron chi connectivity index (χ1n) is 9.48. The summed E-state index contributed by atoms with van der Waals surface area (Å²) in [6.45, 7) is 3.75. The molecule has 0 aliphatic carbocycles. The fraction of sp³-hybridized carbons (Fsp3) is 0.143. The minimum atomic E-state index is -3.79. The number of para-hydroxylation sites is 2. The molecule has 1 amide bonds. The SMILES string of the molecule is Cc1cc(C)n2nc(CC(=O)Nc3ccccc3NS(=O)(=O)c3ccccc3)nc2n1. The molecule has 4 aromatic rings. The van der Waals surface area contributed by atoms with Crippen molar-refractivity contribution >= 4 is 33.1 Å². The molecule has 2 N–H and O–H groups in total. The number of rotatable bonds is 6. The minimum Gasteiger partial charge on any atom is -0.324 e. The second-order valence-electron chi connectivity index (χ2n) is 6.97. The highest BCUT2D eigenvalue weighted by atomic mass is 32.2. The molecule has 0 aliphatic heterocycles. The largest absolute Gasteiger partial charge is 0.324 e. The number of amides is 1. The number of anilines is 2. The number of benzene rings is 2. The van der Waals surface area contributed by atoms with Gasteiger partial charge < -0.3 is 5.32 Å². The molecule has 0 spiro atoms. The van der Waals surface area contributed by atoms with Gasteiger partial charge in [0.05, 0.1) is 22.7 Å². The quantitative estimate of drug-likeness (QED) is 0.480. The van der Waals surface area contributed by atoms with Crippen LogP contribution in [0.2, 0.25) is 0 Å². The van der Waals surface area contributed by atoms with E-state index in [0.717, 1.165) is 11.4 Å². The third kappa shape index (κ3) is 4.53. The van der Waals surface area contributed by atoms with Crippen molar-refractivity contribution in [3.05, 3.63) is 77.9 Å². The number of nitrogens with zero attached hydrogens (tertiary/aromatic N) is 4. The number of nitrogens with one attached hydrogen (secondary N) is 2. The standard InChI is InChI=1S/C21H20N6O3S/c1-14-12-15(2)27-21(22-14)24-19(25-27)13-20(28)23-17-10-6-7-11-18(17)26-31(29,30)16-8-4-3-5-9-16/h3-12,26H,13H2,1-2H3,(H,23,28).